The van der Waals surface area contributed by atoms with Crippen molar-refractivity contribution in [3.63, 3.8) is 0 Å². The van der Waals surface area contributed by atoms with Crippen molar-refractivity contribution in [2.45, 2.75) is 5.75 Å². The van der Waals surface area contributed by atoms with E-state index in [1.807, 2.05) is 24.5 Å². The smallest absolute Gasteiger partial charge is 0.329 e. The summed E-state index contributed by atoms with van der Waals surface area (Å²) < 4.78 is 4.83. The van der Waals surface area contributed by atoms with Crippen LogP contribution in [0, 0.1) is 0 Å². The second-order valence-corrected chi connectivity index (χ2v) is 4.70. The second-order valence-electron chi connectivity index (χ2n) is 3.84. The summed E-state index contributed by atoms with van der Waals surface area (Å²) in [5.74, 6) is -0.332. The minimum absolute atomic E-state index is 0.179. The fourth-order valence-electron chi connectivity index (χ4n) is 1.47. The van der Waals surface area contributed by atoms with Gasteiger partial charge in [0.15, 0.2) is 0 Å². The third kappa shape index (κ3) is 6.26. The molecule has 0 saturated heterocycles. The molecule has 0 aliphatic heterocycles. The van der Waals surface area contributed by atoms with Gasteiger partial charge in [-0.25, -0.2) is 4.79 Å². The first kappa shape index (κ1) is 15.5. The Morgan fingerprint density at radius 3 is 2.89 bits per heavy atom. The normalized spacial score (nSPS) is 10.2. The number of aliphatic carboxylic acids is 1. The lowest BCUT2D eigenvalue weighted by Gasteiger charge is -2.06. The molecule has 104 valence electrons. The van der Waals surface area contributed by atoms with Crippen molar-refractivity contribution < 1.29 is 19.4 Å². The fraction of sp³-hybridized carbons (Fsp3) is 0.385. The number of carboxylic acid groups (broad SMARTS) is 1. The zero-order valence-corrected chi connectivity index (χ0v) is 11.5. The summed E-state index contributed by atoms with van der Waals surface area (Å²) in [6.45, 7) is 0.125. The van der Waals surface area contributed by atoms with Gasteiger partial charge in [-0.05, 0) is 24.0 Å². The van der Waals surface area contributed by atoms with E-state index in [0.29, 0.717) is 12.1 Å². The number of ether oxygens (including phenoxy) is 1. The Balaban J connectivity index is 2.36. The van der Waals surface area contributed by atoms with Crippen LogP contribution in [0.15, 0.2) is 24.3 Å². The average molecular weight is 283 g/mol. The number of amides is 1. The molecule has 5 nitrogen and oxygen atoms in total. The van der Waals surface area contributed by atoms with Gasteiger partial charge in [-0.3, -0.25) is 4.79 Å². The minimum atomic E-state index is -1.02. The van der Waals surface area contributed by atoms with E-state index in [1.54, 1.807) is 17.8 Å². The molecule has 1 amide bonds. The zero-order valence-electron chi connectivity index (χ0n) is 10.7. The van der Waals surface area contributed by atoms with Crippen molar-refractivity contribution in [1.29, 1.82) is 0 Å². The molecule has 0 aliphatic rings. The maximum absolute atomic E-state index is 11.8. The number of nitrogens with one attached hydrogen (secondary N) is 1. The van der Waals surface area contributed by atoms with E-state index in [4.69, 9.17) is 9.84 Å². The number of rotatable bonds is 8. The molecule has 0 bridgehead atoms. The van der Waals surface area contributed by atoms with Crippen molar-refractivity contribution in [2.75, 3.05) is 26.0 Å². The lowest BCUT2D eigenvalue weighted by atomic mass is 10.1. The molecule has 0 radical (unpaired) electrons. The Hall–Kier alpha value is -1.53. The molecule has 0 fully saturated rings. The molecular formula is C13H17NO4S. The highest BCUT2D eigenvalue weighted by Gasteiger charge is 2.05. The van der Waals surface area contributed by atoms with Gasteiger partial charge in [0.2, 0.25) is 0 Å². The molecule has 0 aromatic heterocycles. The van der Waals surface area contributed by atoms with Gasteiger partial charge in [0.05, 0.1) is 6.61 Å². The van der Waals surface area contributed by atoms with Crippen LogP contribution in [0.4, 0.5) is 0 Å². The molecule has 0 unspecified atom stereocenters. The predicted molar refractivity (Wildman–Crippen MR) is 74.4 cm³/mol. The second kappa shape index (κ2) is 8.55. The van der Waals surface area contributed by atoms with Crippen LogP contribution in [-0.2, 0) is 15.3 Å². The molecule has 6 heteroatoms. The van der Waals surface area contributed by atoms with Gasteiger partial charge >= 0.3 is 5.97 Å². The van der Waals surface area contributed by atoms with Gasteiger partial charge in [0.25, 0.3) is 5.91 Å². The molecule has 0 saturated carbocycles. The summed E-state index contributed by atoms with van der Waals surface area (Å²) in [6, 6.07) is 7.42. The number of benzene rings is 1. The molecule has 0 spiro atoms. The quantitative estimate of drug-likeness (QED) is 0.705. The largest absolute Gasteiger partial charge is 0.480 e. The van der Waals surface area contributed by atoms with Gasteiger partial charge in [-0.1, -0.05) is 12.1 Å². The van der Waals surface area contributed by atoms with Crippen LogP contribution in [0.2, 0.25) is 0 Å². The van der Waals surface area contributed by atoms with E-state index in [0.717, 1.165) is 11.3 Å². The molecular weight excluding hydrogens is 266 g/mol. The number of hydrogen-bond acceptors (Lipinski definition) is 4. The summed E-state index contributed by atoms with van der Waals surface area (Å²) in [5, 5.41) is 11.0. The number of carbonyl (C=O) groups excluding carboxylic acids is 1. The molecule has 1 rings (SSSR count). The highest BCUT2D eigenvalue weighted by Crippen LogP contribution is 2.11. The Labute approximate surface area is 116 Å². The van der Waals surface area contributed by atoms with Crippen LogP contribution in [0.3, 0.4) is 0 Å². The SMILES string of the molecule is CSCc1cccc(C(=O)NCCOCC(=O)O)c1. The molecule has 2 N–H and O–H groups in total. The van der Waals surface area contributed by atoms with E-state index in [2.05, 4.69) is 5.32 Å². The molecule has 19 heavy (non-hydrogen) atoms. The van der Waals surface area contributed by atoms with Crippen molar-refractivity contribution >= 4 is 23.6 Å². The van der Waals surface area contributed by atoms with Gasteiger partial charge < -0.3 is 15.2 Å². The van der Waals surface area contributed by atoms with Crippen molar-refractivity contribution in [3.8, 4) is 0 Å². The van der Waals surface area contributed by atoms with Crippen LogP contribution < -0.4 is 5.32 Å². The first-order valence-electron chi connectivity index (χ1n) is 5.79. The number of carbonyl (C=O) groups is 2. The van der Waals surface area contributed by atoms with Crippen LogP contribution in [0.25, 0.3) is 0 Å². The number of thioether (sulfide) groups is 1. The molecule has 1 aromatic rings. The highest BCUT2D eigenvalue weighted by molar-refractivity contribution is 7.97. The molecule has 0 aliphatic carbocycles. The van der Waals surface area contributed by atoms with Gasteiger partial charge in [0.1, 0.15) is 6.61 Å². The van der Waals surface area contributed by atoms with E-state index in [9.17, 15) is 9.59 Å². The van der Waals surface area contributed by atoms with Crippen molar-refractivity contribution in [1.82, 2.24) is 5.32 Å². The maximum atomic E-state index is 11.8. The lowest BCUT2D eigenvalue weighted by molar-refractivity contribution is -0.142. The lowest BCUT2D eigenvalue weighted by Crippen LogP contribution is -2.28. The van der Waals surface area contributed by atoms with Crippen LogP contribution in [0.5, 0.6) is 0 Å². The Kier molecular flexibility index (Phi) is 6.99. The standard InChI is InChI=1S/C13H17NO4S/c1-19-9-10-3-2-4-11(7-10)13(17)14-5-6-18-8-12(15)16/h2-4,7H,5-6,8-9H2,1H3,(H,14,17)(H,15,16). The highest BCUT2D eigenvalue weighted by atomic mass is 32.2. The third-order valence-electron chi connectivity index (χ3n) is 2.26. The van der Waals surface area contributed by atoms with E-state index in [-0.39, 0.29) is 19.1 Å². The third-order valence-corrected chi connectivity index (χ3v) is 2.88. The van der Waals surface area contributed by atoms with Crippen LogP contribution >= 0.6 is 11.8 Å². The number of hydrogen-bond donors (Lipinski definition) is 2. The van der Waals surface area contributed by atoms with Crippen molar-refractivity contribution in [3.05, 3.63) is 35.4 Å². The summed E-state index contributed by atoms with van der Waals surface area (Å²) in [4.78, 5) is 22.0. The molecule has 1 aromatic carbocycles. The topological polar surface area (TPSA) is 75.6 Å². The first-order valence-corrected chi connectivity index (χ1v) is 7.18. The summed E-state index contributed by atoms with van der Waals surface area (Å²) >= 11 is 1.69. The Bertz CT molecular complexity index is 436. The minimum Gasteiger partial charge on any atom is -0.480 e. The van der Waals surface area contributed by atoms with E-state index in [1.165, 1.54) is 0 Å². The molecule has 0 atom stereocenters. The van der Waals surface area contributed by atoms with E-state index >= 15 is 0 Å². The van der Waals surface area contributed by atoms with Gasteiger partial charge in [0, 0.05) is 17.9 Å². The van der Waals surface area contributed by atoms with Crippen LogP contribution in [0.1, 0.15) is 15.9 Å². The monoisotopic (exact) mass is 283 g/mol. The summed E-state index contributed by atoms with van der Waals surface area (Å²) in [6.07, 6.45) is 2.01. The Morgan fingerprint density at radius 1 is 1.42 bits per heavy atom. The van der Waals surface area contributed by atoms with E-state index < -0.39 is 5.97 Å². The molecule has 0 heterocycles. The van der Waals surface area contributed by atoms with Crippen molar-refractivity contribution in [2.24, 2.45) is 0 Å². The fourth-order valence-corrected chi connectivity index (χ4v) is 1.98. The maximum Gasteiger partial charge on any atom is 0.329 e. The van der Waals surface area contributed by atoms with Gasteiger partial charge in [-0.2, -0.15) is 11.8 Å². The average Bonchev–Trinajstić information content (AvgIpc) is 2.38. The predicted octanol–water partition coefficient (Wildman–Crippen LogP) is 1.38. The number of carboxylic acids is 1. The summed E-state index contributed by atoms with van der Waals surface area (Å²) in [5.41, 5.74) is 1.70. The van der Waals surface area contributed by atoms with Crippen LogP contribution in [-0.4, -0.2) is 43.0 Å². The summed E-state index contributed by atoms with van der Waals surface area (Å²) in [7, 11) is 0. The zero-order chi connectivity index (χ0) is 14.1. The Morgan fingerprint density at radius 2 is 2.21 bits per heavy atom. The van der Waals surface area contributed by atoms with Gasteiger partial charge in [-0.15, -0.1) is 0 Å². The first-order chi connectivity index (χ1) is 9.13.